The van der Waals surface area contributed by atoms with Gasteiger partial charge >= 0.3 is 0 Å². The molecule has 0 aliphatic heterocycles. The summed E-state index contributed by atoms with van der Waals surface area (Å²) in [7, 11) is 1.76. The van der Waals surface area contributed by atoms with Crippen LogP contribution in [-0.4, -0.2) is 21.6 Å². The minimum atomic E-state index is 0.00764. The van der Waals surface area contributed by atoms with E-state index in [0.717, 1.165) is 5.39 Å². The van der Waals surface area contributed by atoms with Gasteiger partial charge in [0, 0.05) is 30.2 Å². The fourth-order valence-corrected chi connectivity index (χ4v) is 1.86. The van der Waals surface area contributed by atoms with Crippen LogP contribution in [0, 0.1) is 6.92 Å². The first-order chi connectivity index (χ1) is 8.04. The minimum Gasteiger partial charge on any atom is -0.357 e. The number of hydrogen-bond donors (Lipinski definition) is 1. The summed E-state index contributed by atoms with van der Waals surface area (Å²) in [6, 6.07) is 1.90. The summed E-state index contributed by atoms with van der Waals surface area (Å²) in [5.74, 6) is 0.523. The van der Waals surface area contributed by atoms with Crippen LogP contribution in [0.1, 0.15) is 25.5 Å². The fraction of sp³-hybridized carbons (Fsp3) is 0.417. The van der Waals surface area contributed by atoms with Gasteiger partial charge < -0.3 is 5.32 Å². The van der Waals surface area contributed by atoms with Gasteiger partial charge in [0.15, 0.2) is 0 Å². The molecule has 90 valence electrons. The van der Waals surface area contributed by atoms with Crippen LogP contribution in [0.5, 0.6) is 0 Å². The molecule has 2 rings (SSSR count). The molecule has 0 atom stereocenters. The molecule has 0 amide bonds. The van der Waals surface area contributed by atoms with Gasteiger partial charge in [-0.2, -0.15) is 4.98 Å². The summed E-state index contributed by atoms with van der Waals surface area (Å²) in [6.45, 7) is 5.76. The van der Waals surface area contributed by atoms with Crippen LogP contribution in [0.4, 0.5) is 5.95 Å². The van der Waals surface area contributed by atoms with Crippen molar-refractivity contribution in [2.75, 3.05) is 12.4 Å². The highest BCUT2D eigenvalue weighted by Crippen LogP contribution is 2.15. The van der Waals surface area contributed by atoms with Gasteiger partial charge in [-0.1, -0.05) is 0 Å². The maximum absolute atomic E-state index is 12.1. The SMILES string of the molecule is CNc1ncc2cc(C)c(=O)n(C(C)C)c2n1. The maximum Gasteiger partial charge on any atom is 0.255 e. The largest absolute Gasteiger partial charge is 0.357 e. The van der Waals surface area contributed by atoms with Crippen molar-refractivity contribution in [2.45, 2.75) is 26.8 Å². The van der Waals surface area contributed by atoms with E-state index in [1.54, 1.807) is 17.8 Å². The lowest BCUT2D eigenvalue weighted by atomic mass is 10.2. The Morgan fingerprint density at radius 3 is 2.71 bits per heavy atom. The van der Waals surface area contributed by atoms with E-state index in [4.69, 9.17) is 0 Å². The first kappa shape index (κ1) is 11.6. The van der Waals surface area contributed by atoms with E-state index in [-0.39, 0.29) is 11.6 Å². The highest BCUT2D eigenvalue weighted by Gasteiger charge is 2.11. The van der Waals surface area contributed by atoms with Crippen molar-refractivity contribution in [3.63, 3.8) is 0 Å². The molecule has 0 bridgehead atoms. The molecule has 2 aromatic heterocycles. The summed E-state index contributed by atoms with van der Waals surface area (Å²) in [5.41, 5.74) is 1.40. The van der Waals surface area contributed by atoms with Crippen LogP contribution >= 0.6 is 0 Å². The van der Waals surface area contributed by atoms with Crippen molar-refractivity contribution in [1.82, 2.24) is 14.5 Å². The van der Waals surface area contributed by atoms with E-state index in [2.05, 4.69) is 15.3 Å². The second kappa shape index (κ2) is 4.16. The summed E-state index contributed by atoms with van der Waals surface area (Å²) in [4.78, 5) is 20.6. The third-order valence-corrected chi connectivity index (χ3v) is 2.69. The highest BCUT2D eigenvalue weighted by atomic mass is 16.1. The quantitative estimate of drug-likeness (QED) is 0.856. The van der Waals surface area contributed by atoms with Gasteiger partial charge in [-0.25, -0.2) is 4.98 Å². The molecule has 0 saturated carbocycles. The van der Waals surface area contributed by atoms with Crippen LogP contribution < -0.4 is 10.9 Å². The molecule has 0 fully saturated rings. The Morgan fingerprint density at radius 2 is 2.12 bits per heavy atom. The summed E-state index contributed by atoms with van der Waals surface area (Å²) in [6.07, 6.45) is 1.74. The first-order valence-corrected chi connectivity index (χ1v) is 5.61. The zero-order valence-corrected chi connectivity index (χ0v) is 10.5. The average molecular weight is 232 g/mol. The lowest BCUT2D eigenvalue weighted by molar-refractivity contribution is 0.592. The van der Waals surface area contributed by atoms with Crippen molar-refractivity contribution in [1.29, 1.82) is 0 Å². The van der Waals surface area contributed by atoms with Crippen LogP contribution in [0.25, 0.3) is 11.0 Å². The van der Waals surface area contributed by atoms with Crippen molar-refractivity contribution in [3.8, 4) is 0 Å². The van der Waals surface area contributed by atoms with Gasteiger partial charge in [-0.3, -0.25) is 9.36 Å². The molecule has 2 aromatic rings. The van der Waals surface area contributed by atoms with Gasteiger partial charge in [-0.15, -0.1) is 0 Å². The number of hydrogen-bond acceptors (Lipinski definition) is 4. The molecule has 0 unspecified atom stereocenters. The number of nitrogens with zero attached hydrogens (tertiary/aromatic N) is 3. The molecule has 0 saturated heterocycles. The second-order valence-corrected chi connectivity index (χ2v) is 4.32. The summed E-state index contributed by atoms with van der Waals surface area (Å²) in [5, 5.41) is 3.77. The van der Waals surface area contributed by atoms with E-state index in [1.165, 1.54) is 0 Å². The Hall–Kier alpha value is -1.91. The van der Waals surface area contributed by atoms with E-state index in [9.17, 15) is 4.79 Å². The Bertz CT molecular complexity index is 616. The predicted molar refractivity (Wildman–Crippen MR) is 68.5 cm³/mol. The Kier molecular flexibility index (Phi) is 2.83. The number of rotatable bonds is 2. The molecule has 17 heavy (non-hydrogen) atoms. The lowest BCUT2D eigenvalue weighted by Crippen LogP contribution is -2.25. The van der Waals surface area contributed by atoms with E-state index < -0.39 is 0 Å². The molecule has 0 aliphatic rings. The van der Waals surface area contributed by atoms with Gasteiger partial charge in [0.2, 0.25) is 5.95 Å². The van der Waals surface area contributed by atoms with Crippen molar-refractivity contribution < 1.29 is 0 Å². The maximum atomic E-state index is 12.1. The molecule has 5 nitrogen and oxygen atoms in total. The van der Waals surface area contributed by atoms with Crippen LogP contribution in [-0.2, 0) is 0 Å². The Balaban J connectivity index is 2.89. The Morgan fingerprint density at radius 1 is 1.41 bits per heavy atom. The van der Waals surface area contributed by atoms with Gasteiger partial charge in [0.1, 0.15) is 5.65 Å². The lowest BCUT2D eigenvalue weighted by Gasteiger charge is -2.14. The number of anilines is 1. The average Bonchev–Trinajstić information content (AvgIpc) is 2.29. The van der Waals surface area contributed by atoms with E-state index in [0.29, 0.717) is 17.2 Å². The second-order valence-electron chi connectivity index (χ2n) is 4.32. The first-order valence-electron chi connectivity index (χ1n) is 5.61. The summed E-state index contributed by atoms with van der Waals surface area (Å²) >= 11 is 0. The normalized spacial score (nSPS) is 11.1. The number of nitrogens with one attached hydrogen (secondary N) is 1. The smallest absolute Gasteiger partial charge is 0.255 e. The van der Waals surface area contributed by atoms with Crippen molar-refractivity contribution in [3.05, 3.63) is 28.2 Å². The van der Waals surface area contributed by atoms with Crippen molar-refractivity contribution >= 4 is 17.0 Å². The monoisotopic (exact) mass is 232 g/mol. The molecule has 1 N–H and O–H groups in total. The van der Waals surface area contributed by atoms with Crippen LogP contribution in [0.15, 0.2) is 17.1 Å². The van der Waals surface area contributed by atoms with E-state index in [1.807, 2.05) is 26.8 Å². The molecule has 0 radical (unpaired) electrons. The molecular weight excluding hydrogens is 216 g/mol. The third-order valence-electron chi connectivity index (χ3n) is 2.69. The third kappa shape index (κ3) is 1.88. The molecule has 0 aliphatic carbocycles. The molecule has 5 heteroatoms. The number of aromatic nitrogens is 3. The molecule has 0 spiro atoms. The molecule has 0 aromatic carbocycles. The van der Waals surface area contributed by atoms with Crippen LogP contribution in [0.3, 0.4) is 0 Å². The molecular formula is C12H16N4O. The van der Waals surface area contributed by atoms with Gasteiger partial charge in [0.05, 0.1) is 0 Å². The predicted octanol–water partition coefficient (Wildman–Crippen LogP) is 1.72. The fourth-order valence-electron chi connectivity index (χ4n) is 1.86. The van der Waals surface area contributed by atoms with E-state index >= 15 is 0 Å². The minimum absolute atomic E-state index is 0.00764. The van der Waals surface area contributed by atoms with Crippen LogP contribution in [0.2, 0.25) is 0 Å². The summed E-state index contributed by atoms with van der Waals surface area (Å²) < 4.78 is 1.70. The number of fused-ring (bicyclic) bond motifs is 1. The molecule has 2 heterocycles. The highest BCUT2D eigenvalue weighted by molar-refractivity contribution is 5.76. The van der Waals surface area contributed by atoms with Gasteiger partial charge in [0.25, 0.3) is 5.56 Å². The van der Waals surface area contributed by atoms with Gasteiger partial charge in [-0.05, 0) is 26.8 Å². The Labute approximate surface area is 99.5 Å². The zero-order valence-electron chi connectivity index (χ0n) is 10.5. The van der Waals surface area contributed by atoms with Crippen molar-refractivity contribution in [2.24, 2.45) is 0 Å². The zero-order chi connectivity index (χ0) is 12.6. The standard InChI is InChI=1S/C12H16N4O/c1-7(2)16-10-9(5-8(3)11(16)17)6-14-12(13-4)15-10/h5-7H,1-4H3,(H,13,14,15). The number of aryl methyl sites for hydroxylation is 1. The topological polar surface area (TPSA) is 59.8 Å². The number of pyridine rings is 1.